The monoisotopic (exact) mass is 178 g/mol. The molecule has 4 heteroatoms. The number of hydrogen-bond donors (Lipinski definition) is 1. The van der Waals surface area contributed by atoms with Gasteiger partial charge in [-0.3, -0.25) is 4.98 Å². The minimum Gasteiger partial charge on any atom is -0.445 e. The average Bonchev–Trinajstić information content (AvgIpc) is 2.14. The zero-order chi connectivity index (χ0) is 9.52. The van der Waals surface area contributed by atoms with E-state index in [-0.39, 0.29) is 6.61 Å². The molecule has 0 aliphatic rings. The van der Waals surface area contributed by atoms with Gasteiger partial charge in [-0.2, -0.15) is 0 Å². The maximum Gasteiger partial charge on any atom is 0.404 e. The van der Waals surface area contributed by atoms with E-state index in [4.69, 9.17) is 5.73 Å². The Hall–Kier alpha value is -1.84. The molecule has 13 heavy (non-hydrogen) atoms. The SMILES string of the molecule is NC(=O)OC/C=C/c1ccccn1. The van der Waals surface area contributed by atoms with Crippen molar-refractivity contribution in [2.45, 2.75) is 0 Å². The van der Waals surface area contributed by atoms with Gasteiger partial charge in [0.2, 0.25) is 0 Å². The summed E-state index contributed by atoms with van der Waals surface area (Å²) in [4.78, 5) is 14.2. The minimum atomic E-state index is -0.773. The number of rotatable bonds is 3. The van der Waals surface area contributed by atoms with E-state index in [9.17, 15) is 4.79 Å². The molecule has 0 unspecified atom stereocenters. The van der Waals surface area contributed by atoms with E-state index < -0.39 is 6.09 Å². The first-order valence-corrected chi connectivity index (χ1v) is 3.79. The summed E-state index contributed by atoms with van der Waals surface area (Å²) in [5, 5.41) is 0. The standard InChI is InChI=1S/C9H10N2O2/c10-9(12)13-7-3-5-8-4-1-2-6-11-8/h1-6H,7H2,(H2,10,12)/b5-3+. The van der Waals surface area contributed by atoms with Crippen molar-refractivity contribution < 1.29 is 9.53 Å². The molecular weight excluding hydrogens is 168 g/mol. The lowest BCUT2D eigenvalue weighted by molar-refractivity contribution is 0.169. The number of aromatic nitrogens is 1. The number of ether oxygens (including phenoxy) is 1. The molecule has 2 N–H and O–H groups in total. The van der Waals surface area contributed by atoms with Crippen LogP contribution in [0.25, 0.3) is 6.08 Å². The number of hydrogen-bond acceptors (Lipinski definition) is 3. The van der Waals surface area contributed by atoms with Crippen LogP contribution in [0.4, 0.5) is 4.79 Å². The third kappa shape index (κ3) is 3.91. The molecule has 0 radical (unpaired) electrons. The highest BCUT2D eigenvalue weighted by Crippen LogP contribution is 1.95. The van der Waals surface area contributed by atoms with Gasteiger partial charge < -0.3 is 10.5 Å². The highest BCUT2D eigenvalue weighted by atomic mass is 16.5. The molecule has 0 aliphatic heterocycles. The Labute approximate surface area is 76.0 Å². The molecule has 0 fully saturated rings. The molecule has 1 amide bonds. The summed E-state index contributed by atoms with van der Waals surface area (Å²) in [6.07, 6.45) is 4.34. The maximum atomic E-state index is 10.2. The van der Waals surface area contributed by atoms with Crippen LogP contribution in [0.5, 0.6) is 0 Å². The van der Waals surface area contributed by atoms with E-state index in [1.54, 1.807) is 18.3 Å². The number of nitrogens with zero attached hydrogens (tertiary/aromatic N) is 1. The second kappa shape index (κ2) is 4.92. The van der Waals surface area contributed by atoms with Crippen LogP contribution in [-0.4, -0.2) is 17.7 Å². The van der Waals surface area contributed by atoms with Crippen LogP contribution in [0.15, 0.2) is 30.5 Å². The number of amides is 1. The zero-order valence-corrected chi connectivity index (χ0v) is 7.01. The summed E-state index contributed by atoms with van der Waals surface area (Å²) < 4.78 is 4.49. The lowest BCUT2D eigenvalue weighted by atomic mass is 10.3. The number of carbonyl (C=O) groups is 1. The van der Waals surface area contributed by atoms with Crippen LogP contribution >= 0.6 is 0 Å². The number of pyridine rings is 1. The molecule has 1 heterocycles. The van der Waals surface area contributed by atoms with E-state index in [1.807, 2.05) is 18.2 Å². The van der Waals surface area contributed by atoms with Crippen LogP contribution in [0.2, 0.25) is 0 Å². The quantitative estimate of drug-likeness (QED) is 0.756. The van der Waals surface area contributed by atoms with Crippen molar-refractivity contribution >= 4 is 12.2 Å². The lowest BCUT2D eigenvalue weighted by Gasteiger charge is -1.94. The van der Waals surface area contributed by atoms with E-state index in [0.29, 0.717) is 0 Å². The molecule has 0 bridgehead atoms. The summed E-state index contributed by atoms with van der Waals surface area (Å²) >= 11 is 0. The molecule has 0 aliphatic carbocycles. The third-order valence-corrected chi connectivity index (χ3v) is 1.30. The summed E-state index contributed by atoms with van der Waals surface area (Å²) in [7, 11) is 0. The first kappa shape index (κ1) is 9.25. The van der Waals surface area contributed by atoms with Gasteiger partial charge in [0, 0.05) is 6.20 Å². The van der Waals surface area contributed by atoms with Gasteiger partial charge in [-0.15, -0.1) is 0 Å². The smallest absolute Gasteiger partial charge is 0.404 e. The van der Waals surface area contributed by atoms with Crippen molar-refractivity contribution in [3.8, 4) is 0 Å². The fourth-order valence-electron chi connectivity index (χ4n) is 0.774. The third-order valence-electron chi connectivity index (χ3n) is 1.30. The van der Waals surface area contributed by atoms with Crippen molar-refractivity contribution in [1.29, 1.82) is 0 Å². The summed E-state index contributed by atoms with van der Waals surface area (Å²) in [5.74, 6) is 0. The molecule has 1 rings (SSSR count). The van der Waals surface area contributed by atoms with Crippen LogP contribution in [0.3, 0.4) is 0 Å². The molecular formula is C9H10N2O2. The highest BCUT2D eigenvalue weighted by molar-refractivity contribution is 5.64. The Morgan fingerprint density at radius 2 is 2.46 bits per heavy atom. The van der Waals surface area contributed by atoms with Gasteiger partial charge in [-0.25, -0.2) is 4.79 Å². The van der Waals surface area contributed by atoms with Crippen LogP contribution in [-0.2, 0) is 4.74 Å². The first-order chi connectivity index (χ1) is 6.29. The molecule has 0 atom stereocenters. The second-order valence-corrected chi connectivity index (χ2v) is 2.29. The van der Waals surface area contributed by atoms with E-state index in [1.165, 1.54) is 0 Å². The predicted molar refractivity (Wildman–Crippen MR) is 48.8 cm³/mol. The van der Waals surface area contributed by atoms with Crippen molar-refractivity contribution in [3.63, 3.8) is 0 Å². The van der Waals surface area contributed by atoms with Crippen molar-refractivity contribution in [2.24, 2.45) is 5.73 Å². The fourth-order valence-corrected chi connectivity index (χ4v) is 0.774. The zero-order valence-electron chi connectivity index (χ0n) is 7.01. The van der Waals surface area contributed by atoms with Crippen molar-refractivity contribution in [3.05, 3.63) is 36.2 Å². The van der Waals surface area contributed by atoms with E-state index in [2.05, 4.69) is 9.72 Å². The average molecular weight is 178 g/mol. The van der Waals surface area contributed by atoms with Gasteiger partial charge >= 0.3 is 6.09 Å². The number of nitrogens with two attached hydrogens (primary N) is 1. The summed E-state index contributed by atoms with van der Waals surface area (Å²) in [5.41, 5.74) is 5.58. The van der Waals surface area contributed by atoms with Crippen molar-refractivity contribution in [1.82, 2.24) is 4.98 Å². The molecule has 0 saturated carbocycles. The Morgan fingerprint density at radius 3 is 3.08 bits per heavy atom. The predicted octanol–water partition coefficient (Wildman–Crippen LogP) is 1.19. The summed E-state index contributed by atoms with van der Waals surface area (Å²) in [6, 6.07) is 5.56. The largest absolute Gasteiger partial charge is 0.445 e. The lowest BCUT2D eigenvalue weighted by Crippen LogP contribution is -2.12. The molecule has 0 spiro atoms. The van der Waals surface area contributed by atoms with E-state index in [0.717, 1.165) is 5.69 Å². The van der Waals surface area contributed by atoms with Gasteiger partial charge in [0.1, 0.15) is 6.61 Å². The Balaban J connectivity index is 2.37. The topological polar surface area (TPSA) is 65.2 Å². The second-order valence-electron chi connectivity index (χ2n) is 2.29. The van der Waals surface area contributed by atoms with E-state index >= 15 is 0 Å². The summed E-state index contributed by atoms with van der Waals surface area (Å²) in [6.45, 7) is 0.173. The number of carbonyl (C=O) groups excluding carboxylic acids is 1. The highest BCUT2D eigenvalue weighted by Gasteiger charge is 1.88. The molecule has 1 aromatic rings. The van der Waals surface area contributed by atoms with Crippen LogP contribution in [0.1, 0.15) is 5.69 Å². The Kier molecular flexibility index (Phi) is 3.50. The van der Waals surface area contributed by atoms with Gasteiger partial charge in [-0.05, 0) is 24.3 Å². The number of primary amides is 1. The minimum absolute atomic E-state index is 0.173. The van der Waals surface area contributed by atoms with Crippen LogP contribution < -0.4 is 5.73 Å². The molecule has 0 saturated heterocycles. The maximum absolute atomic E-state index is 10.2. The van der Waals surface area contributed by atoms with Gasteiger partial charge in [0.05, 0.1) is 5.69 Å². The van der Waals surface area contributed by atoms with Gasteiger partial charge in [-0.1, -0.05) is 6.07 Å². The van der Waals surface area contributed by atoms with Gasteiger partial charge in [0.25, 0.3) is 0 Å². The van der Waals surface area contributed by atoms with Crippen LogP contribution in [0, 0.1) is 0 Å². The molecule has 0 aromatic carbocycles. The first-order valence-electron chi connectivity index (χ1n) is 3.79. The normalized spacial score (nSPS) is 10.2. The van der Waals surface area contributed by atoms with Gasteiger partial charge in [0.15, 0.2) is 0 Å². The fraction of sp³-hybridized carbons (Fsp3) is 0.111. The Morgan fingerprint density at radius 1 is 1.62 bits per heavy atom. The Bertz CT molecular complexity index is 296. The molecule has 68 valence electrons. The molecule has 4 nitrogen and oxygen atoms in total. The van der Waals surface area contributed by atoms with Crippen molar-refractivity contribution in [2.75, 3.05) is 6.61 Å². The molecule has 1 aromatic heterocycles.